The lowest BCUT2D eigenvalue weighted by atomic mass is 10.00. The summed E-state index contributed by atoms with van der Waals surface area (Å²) in [7, 11) is 0. The second-order valence-corrected chi connectivity index (χ2v) is 7.09. The van der Waals surface area contributed by atoms with Gasteiger partial charge in [0.1, 0.15) is 5.82 Å². The molecular formula is C26H24FN. The minimum absolute atomic E-state index is 0.270. The molecule has 0 unspecified atom stereocenters. The molecule has 0 bridgehead atoms. The Hall–Kier alpha value is -3.10. The van der Waals surface area contributed by atoms with Crippen molar-refractivity contribution < 1.29 is 4.39 Å². The molecule has 0 amide bonds. The molecule has 140 valence electrons. The van der Waals surface area contributed by atoms with Crippen LogP contribution in [0.3, 0.4) is 0 Å². The SMILES string of the molecule is CCCCCCCc1ccc2c(F)c(C#Cc3ccc(C#N)cc3)ccc2c1. The second kappa shape index (κ2) is 9.72. The lowest BCUT2D eigenvalue weighted by Crippen LogP contribution is -1.90. The highest BCUT2D eigenvalue weighted by Crippen LogP contribution is 2.23. The third-order valence-corrected chi connectivity index (χ3v) is 4.94. The Labute approximate surface area is 166 Å². The van der Waals surface area contributed by atoms with E-state index < -0.39 is 0 Å². The van der Waals surface area contributed by atoms with Crippen LogP contribution in [-0.4, -0.2) is 0 Å². The van der Waals surface area contributed by atoms with Crippen molar-refractivity contribution in [1.29, 1.82) is 5.26 Å². The van der Waals surface area contributed by atoms with E-state index in [9.17, 15) is 4.39 Å². The van der Waals surface area contributed by atoms with Gasteiger partial charge >= 0.3 is 0 Å². The van der Waals surface area contributed by atoms with Crippen molar-refractivity contribution in [1.82, 2.24) is 0 Å². The maximum Gasteiger partial charge on any atom is 0.146 e. The quantitative estimate of drug-likeness (QED) is 0.348. The summed E-state index contributed by atoms with van der Waals surface area (Å²) in [6.45, 7) is 2.22. The molecular weight excluding hydrogens is 345 g/mol. The number of nitriles is 1. The van der Waals surface area contributed by atoms with Crippen LogP contribution in [0.5, 0.6) is 0 Å². The molecule has 0 N–H and O–H groups in total. The third kappa shape index (κ3) is 4.99. The molecule has 0 saturated carbocycles. The molecule has 0 heterocycles. The lowest BCUT2D eigenvalue weighted by molar-refractivity contribution is 0.631. The van der Waals surface area contributed by atoms with Crippen molar-refractivity contribution in [3.8, 4) is 17.9 Å². The molecule has 0 atom stereocenters. The van der Waals surface area contributed by atoms with Gasteiger partial charge in [-0.2, -0.15) is 5.26 Å². The van der Waals surface area contributed by atoms with Crippen molar-refractivity contribution in [3.63, 3.8) is 0 Å². The Morgan fingerprint density at radius 3 is 2.32 bits per heavy atom. The van der Waals surface area contributed by atoms with Crippen LogP contribution in [0, 0.1) is 29.0 Å². The fourth-order valence-corrected chi connectivity index (χ4v) is 3.29. The van der Waals surface area contributed by atoms with Crippen molar-refractivity contribution in [2.75, 3.05) is 0 Å². The van der Waals surface area contributed by atoms with Gasteiger partial charge in [0.15, 0.2) is 0 Å². The summed E-state index contributed by atoms with van der Waals surface area (Å²) in [5.74, 6) is 5.62. The van der Waals surface area contributed by atoms with Crippen LogP contribution in [0.15, 0.2) is 54.6 Å². The van der Waals surface area contributed by atoms with E-state index in [1.807, 2.05) is 18.2 Å². The highest BCUT2D eigenvalue weighted by atomic mass is 19.1. The number of unbranched alkanes of at least 4 members (excludes halogenated alkanes) is 4. The number of hydrogen-bond acceptors (Lipinski definition) is 1. The maximum absolute atomic E-state index is 14.9. The Morgan fingerprint density at radius 1 is 0.821 bits per heavy atom. The molecule has 2 heteroatoms. The van der Waals surface area contributed by atoms with E-state index in [0.29, 0.717) is 16.5 Å². The second-order valence-electron chi connectivity index (χ2n) is 7.09. The molecule has 0 spiro atoms. The summed E-state index contributed by atoms with van der Waals surface area (Å²) in [4.78, 5) is 0. The fourth-order valence-electron chi connectivity index (χ4n) is 3.29. The van der Waals surface area contributed by atoms with Crippen molar-refractivity contribution >= 4 is 10.8 Å². The van der Waals surface area contributed by atoms with Gasteiger partial charge < -0.3 is 0 Å². The average molecular weight is 369 g/mol. The largest absolute Gasteiger partial charge is 0.205 e. The zero-order chi connectivity index (χ0) is 19.8. The minimum atomic E-state index is -0.270. The molecule has 0 aliphatic carbocycles. The monoisotopic (exact) mass is 369 g/mol. The first kappa shape index (κ1) is 19.7. The molecule has 0 aliphatic rings. The molecule has 0 aliphatic heterocycles. The first-order chi connectivity index (χ1) is 13.7. The number of halogens is 1. The van der Waals surface area contributed by atoms with E-state index in [4.69, 9.17) is 5.26 Å². The van der Waals surface area contributed by atoms with E-state index in [1.54, 1.807) is 30.3 Å². The highest BCUT2D eigenvalue weighted by molar-refractivity contribution is 5.85. The first-order valence-corrected chi connectivity index (χ1v) is 9.94. The number of hydrogen-bond donors (Lipinski definition) is 0. The number of rotatable bonds is 6. The molecule has 3 aromatic rings. The van der Waals surface area contributed by atoms with E-state index in [1.165, 1.54) is 37.7 Å². The van der Waals surface area contributed by atoms with Gasteiger partial charge in [0.05, 0.1) is 17.2 Å². The van der Waals surface area contributed by atoms with Gasteiger partial charge in [0, 0.05) is 10.9 Å². The number of fused-ring (bicyclic) bond motifs is 1. The van der Waals surface area contributed by atoms with Crippen LogP contribution in [0.2, 0.25) is 0 Å². The average Bonchev–Trinajstić information content (AvgIpc) is 2.73. The summed E-state index contributed by atoms with van der Waals surface area (Å²) >= 11 is 0. The van der Waals surface area contributed by atoms with E-state index in [0.717, 1.165) is 17.4 Å². The van der Waals surface area contributed by atoms with Crippen LogP contribution in [0.4, 0.5) is 4.39 Å². The summed E-state index contributed by atoms with van der Waals surface area (Å²) in [6.07, 6.45) is 7.33. The van der Waals surface area contributed by atoms with Gasteiger partial charge in [-0.25, -0.2) is 4.39 Å². The Kier molecular flexibility index (Phi) is 6.83. The van der Waals surface area contributed by atoms with Crippen LogP contribution >= 0.6 is 0 Å². The summed E-state index contributed by atoms with van der Waals surface area (Å²) in [5.41, 5.74) is 3.00. The van der Waals surface area contributed by atoms with E-state index in [2.05, 4.69) is 30.9 Å². The molecule has 3 rings (SSSR count). The summed E-state index contributed by atoms with van der Waals surface area (Å²) in [5, 5.41) is 10.4. The van der Waals surface area contributed by atoms with Crippen LogP contribution < -0.4 is 0 Å². The van der Waals surface area contributed by atoms with Gasteiger partial charge in [0.2, 0.25) is 0 Å². The van der Waals surface area contributed by atoms with Crippen molar-refractivity contribution in [3.05, 3.63) is 82.7 Å². The molecule has 3 aromatic carbocycles. The number of benzene rings is 3. The lowest BCUT2D eigenvalue weighted by Gasteiger charge is -2.06. The van der Waals surface area contributed by atoms with Crippen LogP contribution in [0.1, 0.15) is 61.3 Å². The first-order valence-electron chi connectivity index (χ1n) is 9.94. The number of nitrogens with zero attached hydrogens (tertiary/aromatic N) is 1. The predicted octanol–water partition coefficient (Wildman–Crippen LogP) is 6.76. The normalized spacial score (nSPS) is 10.3. The Bertz CT molecular complexity index is 1050. The fraction of sp³-hybridized carbons (Fsp3) is 0.269. The van der Waals surface area contributed by atoms with Gasteiger partial charge in [-0.15, -0.1) is 0 Å². The topological polar surface area (TPSA) is 23.8 Å². The predicted molar refractivity (Wildman–Crippen MR) is 114 cm³/mol. The van der Waals surface area contributed by atoms with E-state index in [-0.39, 0.29) is 5.82 Å². The smallest absolute Gasteiger partial charge is 0.146 e. The summed E-state index contributed by atoms with van der Waals surface area (Å²) < 4.78 is 14.9. The molecule has 0 saturated heterocycles. The Morgan fingerprint density at radius 2 is 1.57 bits per heavy atom. The Balaban J connectivity index is 1.75. The standard InChI is InChI=1S/C26H24FN/c1-2-3-4-5-6-7-21-13-17-25-24(18-21)16-15-23(26(25)27)14-12-20-8-10-22(19-28)11-9-20/h8-11,13,15-18H,2-7H2,1H3. The van der Waals surface area contributed by atoms with Gasteiger partial charge in [-0.3, -0.25) is 0 Å². The van der Waals surface area contributed by atoms with Gasteiger partial charge in [0.25, 0.3) is 0 Å². The van der Waals surface area contributed by atoms with Gasteiger partial charge in [-0.05, 0) is 54.1 Å². The van der Waals surface area contributed by atoms with Crippen molar-refractivity contribution in [2.45, 2.75) is 45.4 Å². The van der Waals surface area contributed by atoms with Gasteiger partial charge in [-0.1, -0.05) is 68.7 Å². The van der Waals surface area contributed by atoms with Crippen molar-refractivity contribution in [2.24, 2.45) is 0 Å². The zero-order valence-electron chi connectivity index (χ0n) is 16.3. The number of aryl methyl sites for hydroxylation is 1. The minimum Gasteiger partial charge on any atom is -0.205 e. The zero-order valence-corrected chi connectivity index (χ0v) is 16.3. The van der Waals surface area contributed by atoms with Crippen LogP contribution in [0.25, 0.3) is 10.8 Å². The maximum atomic E-state index is 14.9. The molecule has 0 fully saturated rings. The molecule has 28 heavy (non-hydrogen) atoms. The molecule has 0 aromatic heterocycles. The highest BCUT2D eigenvalue weighted by Gasteiger charge is 2.06. The van der Waals surface area contributed by atoms with Crippen LogP contribution in [-0.2, 0) is 6.42 Å². The van der Waals surface area contributed by atoms with E-state index >= 15 is 0 Å². The third-order valence-electron chi connectivity index (χ3n) is 4.94. The molecule has 1 nitrogen and oxygen atoms in total. The summed E-state index contributed by atoms with van der Waals surface area (Å²) in [6, 6.07) is 18.7. The molecule has 0 radical (unpaired) electrons.